The van der Waals surface area contributed by atoms with Crippen LogP contribution in [0.4, 0.5) is 11.4 Å². The monoisotopic (exact) mass is 380 g/mol. The summed E-state index contributed by atoms with van der Waals surface area (Å²) in [4.78, 5) is 11.4. The van der Waals surface area contributed by atoms with Crippen LogP contribution in [0.25, 0.3) is 0 Å². The number of rotatable bonds is 2. The first-order valence-corrected chi connectivity index (χ1v) is 7.35. The number of carbonyl (C=O) groups excluding carboxylic acids is 1. The molecule has 0 bridgehead atoms. The molecule has 1 aliphatic rings. The summed E-state index contributed by atoms with van der Waals surface area (Å²) in [5.74, 6) is 1.32. The second-order valence-electron chi connectivity index (χ2n) is 4.65. The lowest BCUT2D eigenvalue weighted by Crippen LogP contribution is -2.19. The minimum Gasteiger partial charge on any atom is -0.455 e. The second-order valence-corrected chi connectivity index (χ2v) is 5.90. The van der Waals surface area contributed by atoms with Crippen molar-refractivity contribution in [3.05, 3.63) is 45.5 Å². The van der Waals surface area contributed by atoms with Gasteiger partial charge in [-0.1, -0.05) is 6.07 Å². The molecule has 3 N–H and O–H groups in total. The average molecular weight is 380 g/mol. The van der Waals surface area contributed by atoms with Gasteiger partial charge in [0.2, 0.25) is 5.91 Å². The number of nitrogens with one attached hydrogen (secondary N) is 1. The molecule has 2 aromatic rings. The van der Waals surface area contributed by atoms with Crippen LogP contribution in [0.15, 0.2) is 36.4 Å². The molecule has 102 valence electrons. The summed E-state index contributed by atoms with van der Waals surface area (Å²) in [6.07, 6.45) is 1.22. The van der Waals surface area contributed by atoms with Gasteiger partial charge in [-0.2, -0.15) is 0 Å². The standard InChI is InChI=1S/C15H13IN2O2/c16-10-2-1-3-11(7-10)20-14-8-13-9(6-12(14)17)4-5-15(19)18-13/h1-3,6-8H,4-5,17H2,(H,18,19). The average Bonchev–Trinajstić information content (AvgIpc) is 2.40. The van der Waals surface area contributed by atoms with E-state index < -0.39 is 0 Å². The SMILES string of the molecule is Nc1cc2c(cc1Oc1cccc(I)c1)NC(=O)CC2. The first kappa shape index (κ1) is 13.2. The molecule has 0 saturated heterocycles. The number of fused-ring (bicyclic) bond motifs is 1. The highest BCUT2D eigenvalue weighted by Gasteiger charge is 2.17. The van der Waals surface area contributed by atoms with Crippen molar-refractivity contribution in [1.82, 2.24) is 0 Å². The fraction of sp³-hybridized carbons (Fsp3) is 0.133. The van der Waals surface area contributed by atoms with Gasteiger partial charge in [-0.15, -0.1) is 0 Å². The van der Waals surface area contributed by atoms with E-state index in [1.54, 1.807) is 6.07 Å². The maximum atomic E-state index is 11.4. The summed E-state index contributed by atoms with van der Waals surface area (Å²) >= 11 is 2.23. The molecular formula is C15H13IN2O2. The van der Waals surface area contributed by atoms with Crippen LogP contribution in [0.3, 0.4) is 0 Å². The van der Waals surface area contributed by atoms with Crippen LogP contribution in [0, 0.1) is 3.57 Å². The molecule has 2 aromatic carbocycles. The Morgan fingerprint density at radius 2 is 2.05 bits per heavy atom. The molecule has 1 heterocycles. The number of amides is 1. The number of nitrogens with two attached hydrogens (primary N) is 1. The zero-order valence-corrected chi connectivity index (χ0v) is 12.8. The molecule has 0 saturated carbocycles. The molecule has 1 amide bonds. The lowest BCUT2D eigenvalue weighted by molar-refractivity contribution is -0.116. The molecule has 0 fully saturated rings. The van der Waals surface area contributed by atoms with E-state index in [-0.39, 0.29) is 5.91 Å². The number of ether oxygens (including phenoxy) is 1. The van der Waals surface area contributed by atoms with Crippen molar-refractivity contribution in [3.8, 4) is 11.5 Å². The smallest absolute Gasteiger partial charge is 0.224 e. The van der Waals surface area contributed by atoms with Crippen LogP contribution in [-0.4, -0.2) is 5.91 Å². The maximum absolute atomic E-state index is 11.4. The molecule has 0 atom stereocenters. The minimum atomic E-state index is 0.0301. The van der Waals surface area contributed by atoms with E-state index >= 15 is 0 Å². The van der Waals surface area contributed by atoms with E-state index in [0.717, 1.165) is 27.0 Å². The highest BCUT2D eigenvalue weighted by atomic mass is 127. The number of aryl methyl sites for hydroxylation is 1. The largest absolute Gasteiger partial charge is 0.455 e. The molecule has 0 aliphatic carbocycles. The molecule has 4 nitrogen and oxygen atoms in total. The van der Waals surface area contributed by atoms with E-state index in [0.29, 0.717) is 17.9 Å². The minimum absolute atomic E-state index is 0.0301. The maximum Gasteiger partial charge on any atom is 0.224 e. The molecule has 20 heavy (non-hydrogen) atoms. The Labute approximate surface area is 130 Å². The highest BCUT2D eigenvalue weighted by molar-refractivity contribution is 14.1. The molecular weight excluding hydrogens is 367 g/mol. The van der Waals surface area contributed by atoms with E-state index in [4.69, 9.17) is 10.5 Å². The van der Waals surface area contributed by atoms with Crippen molar-refractivity contribution in [2.75, 3.05) is 11.1 Å². The Kier molecular flexibility index (Phi) is 3.52. The normalized spacial score (nSPS) is 13.6. The van der Waals surface area contributed by atoms with E-state index in [9.17, 15) is 4.79 Å². The molecule has 3 rings (SSSR count). The molecule has 0 unspecified atom stereocenters. The summed E-state index contributed by atoms with van der Waals surface area (Å²) < 4.78 is 6.90. The van der Waals surface area contributed by atoms with Crippen LogP contribution in [0.1, 0.15) is 12.0 Å². The molecule has 0 aromatic heterocycles. The van der Waals surface area contributed by atoms with Crippen molar-refractivity contribution < 1.29 is 9.53 Å². The quantitative estimate of drug-likeness (QED) is 0.619. The van der Waals surface area contributed by atoms with Crippen molar-refractivity contribution >= 4 is 39.9 Å². The predicted octanol–water partition coefficient (Wildman–Crippen LogP) is 3.55. The number of benzene rings is 2. The van der Waals surface area contributed by atoms with Crippen LogP contribution >= 0.6 is 22.6 Å². The lowest BCUT2D eigenvalue weighted by atomic mass is 10.0. The van der Waals surface area contributed by atoms with Gasteiger partial charge in [-0.05, 0) is 58.8 Å². The van der Waals surface area contributed by atoms with Crippen LogP contribution in [0.5, 0.6) is 11.5 Å². The van der Waals surface area contributed by atoms with Crippen molar-refractivity contribution in [2.45, 2.75) is 12.8 Å². The van der Waals surface area contributed by atoms with Crippen molar-refractivity contribution in [3.63, 3.8) is 0 Å². The zero-order chi connectivity index (χ0) is 14.1. The van der Waals surface area contributed by atoms with Gasteiger partial charge in [-0.3, -0.25) is 4.79 Å². The number of halogens is 1. The predicted molar refractivity (Wildman–Crippen MR) is 87.0 cm³/mol. The molecule has 5 heteroatoms. The van der Waals surface area contributed by atoms with Gasteiger partial charge < -0.3 is 15.8 Å². The number of hydrogen-bond acceptors (Lipinski definition) is 3. The fourth-order valence-electron chi connectivity index (χ4n) is 2.17. The molecule has 0 radical (unpaired) electrons. The fourth-order valence-corrected chi connectivity index (χ4v) is 2.69. The van der Waals surface area contributed by atoms with Crippen LogP contribution in [-0.2, 0) is 11.2 Å². The Bertz CT molecular complexity index is 686. The third-order valence-electron chi connectivity index (χ3n) is 3.16. The third kappa shape index (κ3) is 2.72. The lowest BCUT2D eigenvalue weighted by Gasteiger charge is -2.19. The van der Waals surface area contributed by atoms with Gasteiger partial charge >= 0.3 is 0 Å². The number of anilines is 2. The van der Waals surface area contributed by atoms with Gasteiger partial charge in [0.1, 0.15) is 5.75 Å². The summed E-state index contributed by atoms with van der Waals surface area (Å²) in [5, 5.41) is 2.85. The Hall–Kier alpha value is -1.76. The summed E-state index contributed by atoms with van der Waals surface area (Å²) in [5.41, 5.74) is 8.45. The van der Waals surface area contributed by atoms with Gasteiger partial charge in [-0.25, -0.2) is 0 Å². The highest BCUT2D eigenvalue weighted by Crippen LogP contribution is 2.35. The van der Waals surface area contributed by atoms with Gasteiger partial charge in [0.25, 0.3) is 0 Å². The van der Waals surface area contributed by atoms with Gasteiger partial charge in [0.05, 0.1) is 5.69 Å². The second kappa shape index (κ2) is 5.32. The van der Waals surface area contributed by atoms with Crippen molar-refractivity contribution in [1.29, 1.82) is 0 Å². The van der Waals surface area contributed by atoms with Gasteiger partial charge in [0.15, 0.2) is 5.75 Å². The third-order valence-corrected chi connectivity index (χ3v) is 3.83. The number of nitrogen functional groups attached to an aromatic ring is 1. The zero-order valence-electron chi connectivity index (χ0n) is 10.7. The molecule has 1 aliphatic heterocycles. The van der Waals surface area contributed by atoms with E-state index in [2.05, 4.69) is 27.9 Å². The Morgan fingerprint density at radius 3 is 2.85 bits per heavy atom. The summed E-state index contributed by atoms with van der Waals surface area (Å²) in [6.45, 7) is 0. The molecule has 0 spiro atoms. The van der Waals surface area contributed by atoms with Crippen LogP contribution in [0.2, 0.25) is 0 Å². The summed E-state index contributed by atoms with van der Waals surface area (Å²) in [6, 6.07) is 11.4. The topological polar surface area (TPSA) is 64.3 Å². The first-order valence-electron chi connectivity index (χ1n) is 6.27. The van der Waals surface area contributed by atoms with Gasteiger partial charge in [0, 0.05) is 21.7 Å². The van der Waals surface area contributed by atoms with Crippen molar-refractivity contribution in [2.24, 2.45) is 0 Å². The van der Waals surface area contributed by atoms with E-state index in [1.807, 2.05) is 30.3 Å². The number of carbonyl (C=O) groups is 1. The Morgan fingerprint density at radius 1 is 1.20 bits per heavy atom. The van der Waals surface area contributed by atoms with Crippen LogP contribution < -0.4 is 15.8 Å². The number of hydrogen-bond donors (Lipinski definition) is 2. The Balaban J connectivity index is 1.94. The summed E-state index contributed by atoms with van der Waals surface area (Å²) in [7, 11) is 0. The first-order chi connectivity index (χ1) is 9.61. The van der Waals surface area contributed by atoms with E-state index in [1.165, 1.54) is 0 Å².